The molecule has 0 N–H and O–H groups in total. The molecular formula is C20H16F3N3O4. The normalized spacial score (nSPS) is 16.7. The van der Waals surface area contributed by atoms with Crippen molar-refractivity contribution in [1.82, 2.24) is 10.1 Å². The molecule has 1 unspecified atom stereocenters. The van der Waals surface area contributed by atoms with Crippen LogP contribution in [0.25, 0.3) is 11.4 Å². The van der Waals surface area contributed by atoms with E-state index in [9.17, 15) is 18.0 Å². The van der Waals surface area contributed by atoms with Gasteiger partial charge in [0.25, 0.3) is 0 Å². The second-order valence-electron chi connectivity index (χ2n) is 6.64. The summed E-state index contributed by atoms with van der Waals surface area (Å²) in [4.78, 5) is 18.4. The molecular weight excluding hydrogens is 403 g/mol. The van der Waals surface area contributed by atoms with Gasteiger partial charge in [-0.3, -0.25) is 4.79 Å². The van der Waals surface area contributed by atoms with Gasteiger partial charge in [-0.05, 0) is 36.4 Å². The average molecular weight is 419 g/mol. The molecule has 0 saturated carbocycles. The lowest BCUT2D eigenvalue weighted by atomic mass is 10.1. The first-order chi connectivity index (χ1) is 14.3. The fourth-order valence-corrected chi connectivity index (χ4v) is 3.22. The summed E-state index contributed by atoms with van der Waals surface area (Å²) in [6.07, 6.45) is -4.55. The Morgan fingerprint density at radius 1 is 1.13 bits per heavy atom. The number of nitrogens with zero attached hydrogens (tertiary/aromatic N) is 3. The Morgan fingerprint density at radius 3 is 2.60 bits per heavy atom. The molecule has 7 nitrogen and oxygen atoms in total. The minimum Gasteiger partial charge on any atom is -0.497 e. The molecule has 0 bridgehead atoms. The van der Waals surface area contributed by atoms with Gasteiger partial charge < -0.3 is 18.9 Å². The van der Waals surface area contributed by atoms with Crippen LogP contribution in [0.1, 0.15) is 18.2 Å². The lowest BCUT2D eigenvalue weighted by molar-refractivity contribution is -0.274. The van der Waals surface area contributed by atoms with Crippen molar-refractivity contribution in [2.75, 3.05) is 18.6 Å². The van der Waals surface area contributed by atoms with Crippen LogP contribution in [-0.2, 0) is 4.79 Å². The Morgan fingerprint density at radius 2 is 1.90 bits per heavy atom. The number of benzene rings is 2. The third-order valence-electron chi connectivity index (χ3n) is 4.63. The van der Waals surface area contributed by atoms with Gasteiger partial charge in [0.15, 0.2) is 0 Å². The van der Waals surface area contributed by atoms with E-state index in [2.05, 4.69) is 14.9 Å². The number of hydrogen-bond donors (Lipinski definition) is 0. The maximum absolute atomic E-state index is 12.5. The molecule has 2 heterocycles. The van der Waals surface area contributed by atoms with Gasteiger partial charge in [-0.1, -0.05) is 11.2 Å². The van der Waals surface area contributed by atoms with Crippen LogP contribution in [-0.4, -0.2) is 36.1 Å². The van der Waals surface area contributed by atoms with Gasteiger partial charge in [-0.15, -0.1) is 13.2 Å². The van der Waals surface area contributed by atoms with Crippen LogP contribution in [0.15, 0.2) is 53.1 Å². The van der Waals surface area contributed by atoms with Gasteiger partial charge in [0.1, 0.15) is 11.5 Å². The van der Waals surface area contributed by atoms with Gasteiger partial charge in [0.2, 0.25) is 17.6 Å². The summed E-state index contributed by atoms with van der Waals surface area (Å²) in [5.74, 6) is 0.432. The smallest absolute Gasteiger partial charge is 0.497 e. The van der Waals surface area contributed by atoms with Gasteiger partial charge >= 0.3 is 6.36 Å². The van der Waals surface area contributed by atoms with Crippen LogP contribution in [0.2, 0.25) is 0 Å². The molecule has 0 radical (unpaired) electrons. The monoisotopic (exact) mass is 419 g/mol. The van der Waals surface area contributed by atoms with Crippen molar-refractivity contribution in [3.63, 3.8) is 0 Å². The van der Waals surface area contributed by atoms with Gasteiger partial charge in [0.05, 0.1) is 13.0 Å². The first kappa shape index (κ1) is 19.7. The van der Waals surface area contributed by atoms with Crippen molar-refractivity contribution >= 4 is 11.6 Å². The topological polar surface area (TPSA) is 77.7 Å². The van der Waals surface area contributed by atoms with E-state index in [0.29, 0.717) is 29.4 Å². The third-order valence-corrected chi connectivity index (χ3v) is 4.63. The van der Waals surface area contributed by atoms with E-state index in [1.165, 1.54) is 24.3 Å². The number of amides is 1. The summed E-state index contributed by atoms with van der Waals surface area (Å²) in [6.45, 7) is 0.367. The van der Waals surface area contributed by atoms with Crippen molar-refractivity contribution in [2.24, 2.45) is 0 Å². The lowest BCUT2D eigenvalue weighted by Crippen LogP contribution is -2.24. The van der Waals surface area contributed by atoms with E-state index in [0.717, 1.165) is 0 Å². The highest BCUT2D eigenvalue weighted by Gasteiger charge is 2.35. The number of aromatic nitrogens is 2. The summed E-state index contributed by atoms with van der Waals surface area (Å²) in [6, 6.07) is 12.3. The number of ether oxygens (including phenoxy) is 2. The molecule has 4 rings (SSSR count). The fraction of sp³-hybridized carbons (Fsp3) is 0.250. The molecule has 3 aromatic rings. The molecule has 1 amide bonds. The van der Waals surface area contributed by atoms with Crippen molar-refractivity contribution in [3.05, 3.63) is 54.4 Å². The highest BCUT2D eigenvalue weighted by Crippen LogP contribution is 2.33. The Kier molecular flexibility index (Phi) is 5.06. The zero-order valence-corrected chi connectivity index (χ0v) is 15.7. The van der Waals surface area contributed by atoms with Crippen LogP contribution >= 0.6 is 0 Å². The SMILES string of the molecule is COc1cccc(N2CC(c3nc(-c4ccc(OC(F)(F)F)cc4)no3)CC2=O)c1. The molecule has 1 aliphatic rings. The van der Waals surface area contributed by atoms with Crippen LogP contribution in [0.3, 0.4) is 0 Å². The maximum Gasteiger partial charge on any atom is 0.573 e. The number of methoxy groups -OCH3 is 1. The number of halogens is 3. The van der Waals surface area contributed by atoms with E-state index in [-0.39, 0.29) is 29.8 Å². The number of anilines is 1. The Labute approximate surface area is 169 Å². The van der Waals surface area contributed by atoms with Gasteiger partial charge in [0, 0.05) is 30.3 Å². The molecule has 1 atom stereocenters. The van der Waals surface area contributed by atoms with E-state index < -0.39 is 6.36 Å². The molecule has 1 fully saturated rings. The lowest BCUT2D eigenvalue weighted by Gasteiger charge is -2.16. The Hall–Kier alpha value is -3.56. The summed E-state index contributed by atoms with van der Waals surface area (Å²) in [5.41, 5.74) is 1.18. The highest BCUT2D eigenvalue weighted by atomic mass is 19.4. The molecule has 10 heteroatoms. The maximum atomic E-state index is 12.5. The largest absolute Gasteiger partial charge is 0.573 e. The van der Waals surface area contributed by atoms with E-state index in [1.54, 1.807) is 30.2 Å². The van der Waals surface area contributed by atoms with Crippen molar-refractivity contribution in [3.8, 4) is 22.9 Å². The second kappa shape index (κ2) is 7.69. The second-order valence-corrected chi connectivity index (χ2v) is 6.64. The molecule has 156 valence electrons. The van der Waals surface area contributed by atoms with E-state index in [1.807, 2.05) is 6.07 Å². The summed E-state index contributed by atoms with van der Waals surface area (Å²) >= 11 is 0. The van der Waals surface area contributed by atoms with E-state index in [4.69, 9.17) is 9.26 Å². The highest BCUT2D eigenvalue weighted by molar-refractivity contribution is 5.96. The number of alkyl halides is 3. The quantitative estimate of drug-likeness (QED) is 0.618. The average Bonchev–Trinajstić information content (AvgIpc) is 3.34. The molecule has 2 aromatic carbocycles. The molecule has 0 aliphatic carbocycles. The minimum absolute atomic E-state index is 0.0818. The van der Waals surface area contributed by atoms with Crippen LogP contribution in [0.4, 0.5) is 18.9 Å². The van der Waals surface area contributed by atoms with Gasteiger partial charge in [-0.2, -0.15) is 4.98 Å². The van der Waals surface area contributed by atoms with Crippen molar-refractivity contribution in [2.45, 2.75) is 18.7 Å². The molecule has 1 aromatic heterocycles. The predicted molar refractivity (Wildman–Crippen MR) is 99.1 cm³/mol. The summed E-state index contributed by atoms with van der Waals surface area (Å²) in [7, 11) is 1.55. The van der Waals surface area contributed by atoms with Gasteiger partial charge in [-0.25, -0.2) is 0 Å². The first-order valence-electron chi connectivity index (χ1n) is 8.96. The Balaban J connectivity index is 1.48. The number of rotatable bonds is 5. The Bertz CT molecular complexity index is 1050. The zero-order chi connectivity index (χ0) is 21.3. The zero-order valence-electron chi connectivity index (χ0n) is 15.7. The number of hydrogen-bond acceptors (Lipinski definition) is 6. The molecule has 1 saturated heterocycles. The van der Waals surface area contributed by atoms with Crippen LogP contribution < -0.4 is 14.4 Å². The van der Waals surface area contributed by atoms with E-state index >= 15 is 0 Å². The number of carbonyl (C=O) groups excluding carboxylic acids is 1. The van der Waals surface area contributed by atoms with Crippen LogP contribution in [0.5, 0.6) is 11.5 Å². The minimum atomic E-state index is -4.76. The summed E-state index contributed by atoms with van der Waals surface area (Å²) in [5, 5.41) is 3.89. The van der Waals surface area contributed by atoms with Crippen molar-refractivity contribution in [1.29, 1.82) is 0 Å². The fourth-order valence-electron chi connectivity index (χ4n) is 3.22. The van der Waals surface area contributed by atoms with Crippen LogP contribution in [0, 0.1) is 0 Å². The predicted octanol–water partition coefficient (Wildman–Crippen LogP) is 4.16. The first-order valence-corrected chi connectivity index (χ1v) is 8.96. The molecule has 0 spiro atoms. The third kappa shape index (κ3) is 4.22. The molecule has 30 heavy (non-hydrogen) atoms. The molecule has 1 aliphatic heterocycles. The van der Waals surface area contributed by atoms with Crippen molar-refractivity contribution < 1.29 is 32.0 Å². The standard InChI is InChI=1S/C20H16F3N3O4/c1-28-16-4-2-3-14(10-16)26-11-13(9-17(26)27)19-24-18(25-30-19)12-5-7-15(8-6-12)29-20(21,22)23/h2-8,10,13H,9,11H2,1H3. The number of carbonyl (C=O) groups is 1. The summed E-state index contributed by atoms with van der Waals surface area (Å²) < 4.78 is 51.2.